The Balaban J connectivity index is 1.90. The number of alkyl halides is 3. The molecule has 3 rings (SSSR count). The minimum Gasteiger partial charge on any atom is -0.438 e. The molecular formula is C21H21F3N4O3. The van der Waals surface area contributed by atoms with Gasteiger partial charge in [0.15, 0.2) is 0 Å². The van der Waals surface area contributed by atoms with Crippen molar-refractivity contribution in [1.82, 2.24) is 20.1 Å². The van der Waals surface area contributed by atoms with Gasteiger partial charge < -0.3 is 15.2 Å². The number of aliphatic hydroxyl groups is 1. The molecule has 2 N–H and O–H groups in total. The van der Waals surface area contributed by atoms with Crippen LogP contribution in [-0.2, 0) is 13.2 Å². The van der Waals surface area contributed by atoms with Crippen molar-refractivity contribution in [3.8, 4) is 22.9 Å². The molecule has 0 radical (unpaired) electrons. The Bertz CT molecular complexity index is 1050. The molecule has 0 aliphatic rings. The molecule has 0 saturated heterocycles. The van der Waals surface area contributed by atoms with Crippen molar-refractivity contribution < 1.29 is 27.8 Å². The highest BCUT2D eigenvalue weighted by Crippen LogP contribution is 2.34. The molecule has 0 unspecified atom stereocenters. The number of hydrogen-bond acceptors (Lipinski definition) is 5. The Morgan fingerprint density at radius 1 is 1.26 bits per heavy atom. The number of halogens is 3. The van der Waals surface area contributed by atoms with Gasteiger partial charge in [0.25, 0.3) is 5.91 Å². The summed E-state index contributed by atoms with van der Waals surface area (Å²) in [7, 11) is 1.72. The van der Waals surface area contributed by atoms with Crippen LogP contribution in [0.1, 0.15) is 22.8 Å². The average molecular weight is 434 g/mol. The van der Waals surface area contributed by atoms with Crippen LogP contribution in [0.4, 0.5) is 13.2 Å². The Morgan fingerprint density at radius 3 is 2.55 bits per heavy atom. The maximum atomic E-state index is 12.8. The minimum absolute atomic E-state index is 0.0579. The molecule has 0 spiro atoms. The lowest BCUT2D eigenvalue weighted by Crippen LogP contribution is -2.29. The number of aryl methyl sites for hydroxylation is 1. The third-order valence-corrected chi connectivity index (χ3v) is 4.42. The van der Waals surface area contributed by atoms with Crippen LogP contribution in [-0.4, -0.2) is 38.9 Å². The second-order valence-corrected chi connectivity index (χ2v) is 7.07. The fourth-order valence-corrected chi connectivity index (χ4v) is 2.66. The van der Waals surface area contributed by atoms with E-state index in [4.69, 9.17) is 9.84 Å². The number of hydrogen-bond donors (Lipinski definition) is 2. The molecule has 2 heterocycles. The smallest absolute Gasteiger partial charge is 0.416 e. The summed E-state index contributed by atoms with van der Waals surface area (Å²) in [5.74, 6) is -0.231. The van der Waals surface area contributed by atoms with Crippen LogP contribution in [0.15, 0.2) is 48.8 Å². The molecule has 0 aliphatic heterocycles. The summed E-state index contributed by atoms with van der Waals surface area (Å²) in [6.07, 6.45) is -1.43. The lowest BCUT2D eigenvalue weighted by molar-refractivity contribution is -0.137. The molecule has 0 fully saturated rings. The monoisotopic (exact) mass is 434 g/mol. The van der Waals surface area contributed by atoms with E-state index in [0.717, 1.165) is 12.1 Å². The maximum Gasteiger partial charge on any atom is 0.416 e. The first-order chi connectivity index (χ1) is 14.7. The van der Waals surface area contributed by atoms with E-state index in [2.05, 4.69) is 15.4 Å². The summed E-state index contributed by atoms with van der Waals surface area (Å²) in [6, 6.07) is 7.48. The highest BCUT2D eigenvalue weighted by molar-refractivity contribution is 5.95. The van der Waals surface area contributed by atoms with E-state index in [9.17, 15) is 18.0 Å². The first-order valence-corrected chi connectivity index (χ1v) is 9.41. The molecule has 7 nitrogen and oxygen atoms in total. The third kappa shape index (κ3) is 5.60. The second-order valence-electron chi connectivity index (χ2n) is 7.07. The molecule has 10 heteroatoms. The van der Waals surface area contributed by atoms with E-state index in [1.54, 1.807) is 37.0 Å². The SMILES string of the molecule is C[C@@H](CO)CNC(=O)c1cnc(Oc2ccc(C(F)(F)F)cc2)c(-c2ccn(C)n2)c1. The molecule has 31 heavy (non-hydrogen) atoms. The molecular weight excluding hydrogens is 413 g/mol. The van der Waals surface area contributed by atoms with Gasteiger partial charge in [-0.2, -0.15) is 18.3 Å². The van der Waals surface area contributed by atoms with E-state index in [1.165, 1.54) is 18.3 Å². The molecule has 0 bridgehead atoms. The Hall–Kier alpha value is -3.40. The quantitative estimate of drug-likeness (QED) is 0.593. The van der Waals surface area contributed by atoms with Gasteiger partial charge in [-0.25, -0.2) is 4.98 Å². The van der Waals surface area contributed by atoms with Crippen molar-refractivity contribution in [2.75, 3.05) is 13.2 Å². The van der Waals surface area contributed by atoms with Crippen molar-refractivity contribution in [2.24, 2.45) is 13.0 Å². The number of nitrogens with zero attached hydrogens (tertiary/aromatic N) is 3. The van der Waals surface area contributed by atoms with E-state index in [0.29, 0.717) is 11.3 Å². The summed E-state index contributed by atoms with van der Waals surface area (Å²) in [4.78, 5) is 16.6. The van der Waals surface area contributed by atoms with Crippen molar-refractivity contribution in [2.45, 2.75) is 13.1 Å². The predicted octanol–water partition coefficient (Wildman–Crippen LogP) is 3.65. The molecule has 2 aromatic heterocycles. The lowest BCUT2D eigenvalue weighted by Gasteiger charge is -2.13. The van der Waals surface area contributed by atoms with Crippen molar-refractivity contribution >= 4 is 5.91 Å². The van der Waals surface area contributed by atoms with Crippen molar-refractivity contribution in [1.29, 1.82) is 0 Å². The van der Waals surface area contributed by atoms with Gasteiger partial charge in [-0.1, -0.05) is 6.92 Å². The maximum absolute atomic E-state index is 12.8. The van der Waals surface area contributed by atoms with Crippen LogP contribution in [0.25, 0.3) is 11.3 Å². The summed E-state index contributed by atoms with van der Waals surface area (Å²) in [5, 5.41) is 16.1. The minimum atomic E-state index is -4.45. The molecule has 0 saturated carbocycles. The zero-order valence-electron chi connectivity index (χ0n) is 16.8. The highest BCUT2D eigenvalue weighted by Gasteiger charge is 2.30. The number of nitrogens with one attached hydrogen (secondary N) is 1. The van der Waals surface area contributed by atoms with Crippen LogP contribution in [0.3, 0.4) is 0 Å². The van der Waals surface area contributed by atoms with Crippen LogP contribution < -0.4 is 10.1 Å². The van der Waals surface area contributed by atoms with Crippen LogP contribution in [0.2, 0.25) is 0 Å². The molecule has 3 aromatic rings. The number of carbonyl (C=O) groups excluding carboxylic acids is 1. The number of aromatic nitrogens is 3. The summed E-state index contributed by atoms with van der Waals surface area (Å²) in [5.41, 5.74) is 0.353. The fraction of sp³-hybridized carbons (Fsp3) is 0.286. The first-order valence-electron chi connectivity index (χ1n) is 9.41. The van der Waals surface area contributed by atoms with Crippen molar-refractivity contribution in [3.63, 3.8) is 0 Å². The number of rotatable bonds is 7. The predicted molar refractivity (Wildman–Crippen MR) is 107 cm³/mol. The molecule has 1 aromatic carbocycles. The van der Waals surface area contributed by atoms with E-state index >= 15 is 0 Å². The van der Waals surface area contributed by atoms with Gasteiger partial charge in [0.05, 0.1) is 22.4 Å². The number of aliphatic hydroxyl groups excluding tert-OH is 1. The van der Waals surface area contributed by atoms with Crippen LogP contribution in [0.5, 0.6) is 11.6 Å². The number of ether oxygens (including phenoxy) is 1. The summed E-state index contributed by atoms with van der Waals surface area (Å²) >= 11 is 0. The Kier molecular flexibility index (Phi) is 6.59. The number of benzene rings is 1. The standard InChI is InChI=1S/C21H21F3N4O3/c1-13(12-29)10-25-19(30)14-9-17(18-7-8-28(2)27-18)20(26-11-14)31-16-5-3-15(4-6-16)21(22,23)24/h3-9,11,13,29H,10,12H2,1-2H3,(H,25,30)/t13-/m1/s1. The highest BCUT2D eigenvalue weighted by atomic mass is 19.4. The van der Waals surface area contributed by atoms with Gasteiger partial charge in [-0.3, -0.25) is 9.48 Å². The van der Waals surface area contributed by atoms with Gasteiger partial charge in [0.1, 0.15) is 5.75 Å². The van der Waals surface area contributed by atoms with E-state index in [1.807, 2.05) is 0 Å². The van der Waals surface area contributed by atoms with Crippen LogP contribution >= 0.6 is 0 Å². The van der Waals surface area contributed by atoms with E-state index < -0.39 is 11.7 Å². The van der Waals surface area contributed by atoms with Gasteiger partial charge in [0, 0.05) is 32.6 Å². The second kappa shape index (κ2) is 9.17. The van der Waals surface area contributed by atoms with Gasteiger partial charge >= 0.3 is 6.18 Å². The Morgan fingerprint density at radius 2 is 1.97 bits per heavy atom. The Labute approximate surface area is 176 Å². The van der Waals surface area contributed by atoms with Gasteiger partial charge in [0.2, 0.25) is 5.88 Å². The van der Waals surface area contributed by atoms with Gasteiger partial charge in [-0.05, 0) is 42.3 Å². The molecule has 0 aliphatic carbocycles. The lowest BCUT2D eigenvalue weighted by atomic mass is 10.1. The summed E-state index contributed by atoms with van der Waals surface area (Å²) in [6.45, 7) is 2.02. The summed E-state index contributed by atoms with van der Waals surface area (Å²) < 4.78 is 45.6. The van der Waals surface area contributed by atoms with Crippen LogP contribution in [0, 0.1) is 5.92 Å². The molecule has 1 atom stereocenters. The van der Waals surface area contributed by atoms with E-state index in [-0.39, 0.29) is 42.2 Å². The zero-order valence-corrected chi connectivity index (χ0v) is 16.8. The normalized spacial score (nSPS) is 12.5. The average Bonchev–Trinajstić information content (AvgIpc) is 3.17. The topological polar surface area (TPSA) is 89.3 Å². The fourth-order valence-electron chi connectivity index (χ4n) is 2.66. The molecule has 1 amide bonds. The largest absolute Gasteiger partial charge is 0.438 e. The van der Waals surface area contributed by atoms with Gasteiger partial charge in [-0.15, -0.1) is 0 Å². The third-order valence-electron chi connectivity index (χ3n) is 4.42. The first kappa shape index (κ1) is 22.3. The number of amides is 1. The number of pyridine rings is 1. The number of carbonyl (C=O) groups is 1. The van der Waals surface area contributed by atoms with Crippen molar-refractivity contribution in [3.05, 3.63) is 59.9 Å². The molecule has 164 valence electrons. The zero-order chi connectivity index (χ0) is 22.6.